The second kappa shape index (κ2) is 11.5. The summed E-state index contributed by atoms with van der Waals surface area (Å²) in [7, 11) is 2.99. The Morgan fingerprint density at radius 1 is 0.967 bits per heavy atom. The van der Waals surface area contributed by atoms with Gasteiger partial charge in [0.25, 0.3) is 5.91 Å². The van der Waals surface area contributed by atoms with Gasteiger partial charge in [-0.15, -0.1) is 0 Å². The summed E-state index contributed by atoms with van der Waals surface area (Å²) in [5, 5.41) is 5.24. The number of amides is 3. The lowest BCUT2D eigenvalue weighted by Gasteiger charge is -2.22. The van der Waals surface area contributed by atoms with E-state index in [4.69, 9.17) is 9.47 Å². The van der Waals surface area contributed by atoms with Gasteiger partial charge in [0.1, 0.15) is 11.5 Å². The van der Waals surface area contributed by atoms with E-state index < -0.39 is 5.91 Å². The van der Waals surface area contributed by atoms with Crippen LogP contribution in [0.25, 0.3) is 0 Å². The van der Waals surface area contributed by atoms with Gasteiger partial charge in [-0.25, -0.2) is 0 Å². The van der Waals surface area contributed by atoms with Crippen molar-refractivity contribution >= 4 is 23.4 Å². The second-order valence-electron chi connectivity index (χ2n) is 6.48. The minimum absolute atomic E-state index is 0.166. The Bertz CT molecular complexity index is 870. The molecule has 0 atom stereocenters. The maximum absolute atomic E-state index is 13.0. The van der Waals surface area contributed by atoms with Crippen molar-refractivity contribution in [2.24, 2.45) is 0 Å². The van der Waals surface area contributed by atoms with Gasteiger partial charge in [0.05, 0.1) is 32.9 Å². The summed E-state index contributed by atoms with van der Waals surface area (Å²) in [4.78, 5) is 38.7. The van der Waals surface area contributed by atoms with Gasteiger partial charge in [-0.1, -0.05) is 25.1 Å². The molecule has 160 valence electrons. The van der Waals surface area contributed by atoms with Gasteiger partial charge in [0.2, 0.25) is 11.8 Å². The molecule has 0 aliphatic carbocycles. The van der Waals surface area contributed by atoms with Gasteiger partial charge >= 0.3 is 0 Å². The first-order valence-corrected chi connectivity index (χ1v) is 9.61. The number of carbonyl (C=O) groups excluding carboxylic acids is 3. The van der Waals surface area contributed by atoms with Gasteiger partial charge in [-0.2, -0.15) is 0 Å². The number of para-hydroxylation sites is 1. The molecule has 0 fully saturated rings. The summed E-state index contributed by atoms with van der Waals surface area (Å²) in [5.41, 5.74) is 0.979. The minimum Gasteiger partial charge on any atom is -0.497 e. The van der Waals surface area contributed by atoms with Crippen LogP contribution in [0.15, 0.2) is 48.5 Å². The van der Waals surface area contributed by atoms with Crippen molar-refractivity contribution in [3.8, 4) is 11.5 Å². The number of hydrogen-bond acceptors (Lipinski definition) is 5. The van der Waals surface area contributed by atoms with E-state index in [0.717, 1.165) is 0 Å². The maximum Gasteiger partial charge on any atom is 0.258 e. The molecule has 0 bridgehead atoms. The molecule has 0 heterocycles. The molecule has 0 saturated heterocycles. The third-order valence-corrected chi connectivity index (χ3v) is 4.26. The quantitative estimate of drug-likeness (QED) is 0.623. The fraction of sp³-hybridized carbons (Fsp3) is 0.318. The molecule has 2 rings (SSSR count). The highest BCUT2D eigenvalue weighted by Gasteiger charge is 2.22. The lowest BCUT2D eigenvalue weighted by molar-refractivity contribution is -0.124. The van der Waals surface area contributed by atoms with Crippen LogP contribution in [0.4, 0.5) is 5.69 Å². The first-order chi connectivity index (χ1) is 14.5. The number of benzene rings is 2. The molecule has 2 aromatic carbocycles. The van der Waals surface area contributed by atoms with E-state index in [9.17, 15) is 14.4 Å². The summed E-state index contributed by atoms with van der Waals surface area (Å²) >= 11 is 0. The maximum atomic E-state index is 13.0. The summed E-state index contributed by atoms with van der Waals surface area (Å²) in [6.07, 6.45) is 0.673. The molecule has 2 N–H and O–H groups in total. The zero-order valence-corrected chi connectivity index (χ0v) is 17.4. The van der Waals surface area contributed by atoms with Crippen molar-refractivity contribution in [2.75, 3.05) is 39.2 Å². The van der Waals surface area contributed by atoms with Crippen molar-refractivity contribution in [3.63, 3.8) is 0 Å². The van der Waals surface area contributed by atoms with Crippen LogP contribution in [0.3, 0.4) is 0 Å². The summed E-state index contributed by atoms with van der Waals surface area (Å²) in [6, 6.07) is 13.8. The number of methoxy groups -OCH3 is 2. The fourth-order valence-electron chi connectivity index (χ4n) is 2.80. The summed E-state index contributed by atoms with van der Waals surface area (Å²) in [6.45, 7) is 1.95. The molecule has 0 aromatic heterocycles. The molecule has 0 spiro atoms. The molecule has 8 nitrogen and oxygen atoms in total. The average Bonchev–Trinajstić information content (AvgIpc) is 2.77. The van der Waals surface area contributed by atoms with Gasteiger partial charge in [0, 0.05) is 18.3 Å². The summed E-state index contributed by atoms with van der Waals surface area (Å²) < 4.78 is 10.5. The molecule has 0 aliphatic heterocycles. The van der Waals surface area contributed by atoms with E-state index in [0.29, 0.717) is 35.7 Å². The number of rotatable bonds is 10. The van der Waals surface area contributed by atoms with E-state index in [-0.39, 0.29) is 24.9 Å². The standard InChI is InChI=1S/C22H27N3O5/c1-4-12-25(22(28)18-11-10-17(29-2)13-19(18)30-3)15-21(27)23-14-20(26)24-16-8-6-5-7-9-16/h5-11,13H,4,12,14-15H2,1-3H3,(H,23,27)(H,24,26). The van der Waals surface area contributed by atoms with Crippen molar-refractivity contribution in [1.29, 1.82) is 0 Å². The molecule has 8 heteroatoms. The van der Waals surface area contributed by atoms with Gasteiger partial charge in [0.15, 0.2) is 0 Å². The number of nitrogens with one attached hydrogen (secondary N) is 2. The van der Waals surface area contributed by atoms with Crippen LogP contribution in [-0.4, -0.2) is 56.5 Å². The average molecular weight is 413 g/mol. The predicted molar refractivity (Wildman–Crippen MR) is 114 cm³/mol. The molecule has 3 amide bonds. The number of ether oxygens (including phenoxy) is 2. The highest BCUT2D eigenvalue weighted by Crippen LogP contribution is 2.25. The van der Waals surface area contributed by atoms with Gasteiger partial charge in [-0.05, 0) is 30.7 Å². The van der Waals surface area contributed by atoms with E-state index in [1.807, 2.05) is 13.0 Å². The van der Waals surface area contributed by atoms with Crippen LogP contribution in [0.1, 0.15) is 23.7 Å². The highest BCUT2D eigenvalue weighted by atomic mass is 16.5. The van der Waals surface area contributed by atoms with Crippen LogP contribution in [-0.2, 0) is 9.59 Å². The number of nitrogens with zero attached hydrogens (tertiary/aromatic N) is 1. The van der Waals surface area contributed by atoms with Crippen molar-refractivity contribution in [3.05, 3.63) is 54.1 Å². The van der Waals surface area contributed by atoms with E-state index >= 15 is 0 Å². The number of anilines is 1. The first kappa shape index (κ1) is 22.7. The molecule has 30 heavy (non-hydrogen) atoms. The largest absolute Gasteiger partial charge is 0.497 e. The highest BCUT2D eigenvalue weighted by molar-refractivity contribution is 6.00. The number of carbonyl (C=O) groups is 3. The topological polar surface area (TPSA) is 97.0 Å². The second-order valence-corrected chi connectivity index (χ2v) is 6.48. The monoisotopic (exact) mass is 413 g/mol. The molecule has 0 saturated carbocycles. The van der Waals surface area contributed by atoms with Gasteiger partial charge in [-0.3, -0.25) is 14.4 Å². The Morgan fingerprint density at radius 2 is 1.70 bits per heavy atom. The Morgan fingerprint density at radius 3 is 2.33 bits per heavy atom. The minimum atomic E-state index is -0.424. The fourth-order valence-corrected chi connectivity index (χ4v) is 2.80. The SMILES string of the molecule is CCCN(CC(=O)NCC(=O)Nc1ccccc1)C(=O)c1ccc(OC)cc1OC. The third-order valence-electron chi connectivity index (χ3n) is 4.26. The summed E-state index contributed by atoms with van der Waals surface area (Å²) in [5.74, 6) is -0.178. The van der Waals surface area contributed by atoms with Crippen LogP contribution in [0.5, 0.6) is 11.5 Å². The van der Waals surface area contributed by atoms with Crippen LogP contribution in [0, 0.1) is 0 Å². The molecule has 2 aromatic rings. The lowest BCUT2D eigenvalue weighted by Crippen LogP contribution is -2.43. The Balaban J connectivity index is 1.98. The Kier molecular flexibility index (Phi) is 8.68. The normalized spacial score (nSPS) is 10.1. The van der Waals surface area contributed by atoms with Crippen molar-refractivity contribution < 1.29 is 23.9 Å². The lowest BCUT2D eigenvalue weighted by atomic mass is 10.1. The van der Waals surface area contributed by atoms with Crippen LogP contribution >= 0.6 is 0 Å². The van der Waals surface area contributed by atoms with E-state index in [1.165, 1.54) is 19.1 Å². The third kappa shape index (κ3) is 6.51. The van der Waals surface area contributed by atoms with Gasteiger partial charge < -0.3 is 25.0 Å². The molecule has 0 radical (unpaired) electrons. The number of hydrogen-bond donors (Lipinski definition) is 2. The molecule has 0 unspecified atom stereocenters. The van der Waals surface area contributed by atoms with Crippen LogP contribution in [0.2, 0.25) is 0 Å². The Labute approximate surface area is 176 Å². The van der Waals surface area contributed by atoms with Crippen molar-refractivity contribution in [1.82, 2.24) is 10.2 Å². The zero-order valence-electron chi connectivity index (χ0n) is 17.4. The zero-order chi connectivity index (χ0) is 21.9. The van der Waals surface area contributed by atoms with E-state index in [1.54, 1.807) is 42.5 Å². The molecular formula is C22H27N3O5. The first-order valence-electron chi connectivity index (χ1n) is 9.61. The molecular weight excluding hydrogens is 386 g/mol. The van der Waals surface area contributed by atoms with Crippen molar-refractivity contribution in [2.45, 2.75) is 13.3 Å². The van der Waals surface area contributed by atoms with Crippen LogP contribution < -0.4 is 20.1 Å². The Hall–Kier alpha value is -3.55. The van der Waals surface area contributed by atoms with E-state index in [2.05, 4.69) is 10.6 Å². The predicted octanol–water partition coefficient (Wildman–Crippen LogP) is 2.31. The smallest absolute Gasteiger partial charge is 0.258 e. The molecule has 0 aliphatic rings.